The predicted octanol–water partition coefficient (Wildman–Crippen LogP) is 3.90. The molecular weight excluding hydrogens is 311 g/mol. The van der Waals surface area contributed by atoms with Crippen LogP contribution in [0.5, 0.6) is 5.75 Å². The molecule has 3 N–H and O–H groups in total. The van der Waals surface area contributed by atoms with Crippen LogP contribution >= 0.6 is 23.2 Å². The number of carbonyl (C=O) groups excluding carboxylic acids is 1. The SMILES string of the molecule is Cc1ccc(NC(=O)COc2c(Cl)cc(N)cc2Cl)cc1. The number of nitrogens with two attached hydrogens (primary N) is 1. The molecule has 2 aromatic rings. The van der Waals surface area contributed by atoms with E-state index in [4.69, 9.17) is 33.7 Å². The number of ether oxygens (including phenoxy) is 1. The van der Waals surface area contributed by atoms with E-state index in [0.717, 1.165) is 5.56 Å². The number of hydrogen-bond donors (Lipinski definition) is 2. The van der Waals surface area contributed by atoms with Gasteiger partial charge in [0.1, 0.15) is 0 Å². The van der Waals surface area contributed by atoms with Gasteiger partial charge in [0.05, 0.1) is 10.0 Å². The third-order valence-corrected chi connectivity index (χ3v) is 3.27. The highest BCUT2D eigenvalue weighted by molar-refractivity contribution is 6.37. The van der Waals surface area contributed by atoms with Crippen molar-refractivity contribution in [1.82, 2.24) is 0 Å². The Labute approximate surface area is 132 Å². The second kappa shape index (κ2) is 6.70. The largest absolute Gasteiger partial charge is 0.481 e. The summed E-state index contributed by atoms with van der Waals surface area (Å²) < 4.78 is 5.35. The second-order valence-electron chi connectivity index (χ2n) is 4.52. The van der Waals surface area contributed by atoms with Crippen molar-refractivity contribution >= 4 is 40.5 Å². The van der Waals surface area contributed by atoms with Crippen molar-refractivity contribution in [3.8, 4) is 5.75 Å². The Morgan fingerprint density at radius 1 is 1.19 bits per heavy atom. The monoisotopic (exact) mass is 324 g/mol. The van der Waals surface area contributed by atoms with Gasteiger partial charge in [0.2, 0.25) is 0 Å². The molecule has 0 aromatic heterocycles. The maximum absolute atomic E-state index is 11.8. The molecule has 1 amide bonds. The van der Waals surface area contributed by atoms with Crippen molar-refractivity contribution in [1.29, 1.82) is 0 Å². The Morgan fingerprint density at radius 3 is 2.33 bits per heavy atom. The number of amides is 1. The van der Waals surface area contributed by atoms with Crippen molar-refractivity contribution < 1.29 is 9.53 Å². The van der Waals surface area contributed by atoms with Crippen LogP contribution in [-0.2, 0) is 4.79 Å². The zero-order valence-electron chi connectivity index (χ0n) is 11.3. The van der Waals surface area contributed by atoms with E-state index < -0.39 is 0 Å². The number of halogens is 2. The molecule has 0 heterocycles. The van der Waals surface area contributed by atoms with Gasteiger partial charge in [-0.1, -0.05) is 40.9 Å². The summed E-state index contributed by atoms with van der Waals surface area (Å²) in [5, 5.41) is 3.25. The lowest BCUT2D eigenvalue weighted by Crippen LogP contribution is -2.20. The summed E-state index contributed by atoms with van der Waals surface area (Å²) in [7, 11) is 0. The summed E-state index contributed by atoms with van der Waals surface area (Å²) in [6, 6.07) is 10.5. The average molecular weight is 325 g/mol. The van der Waals surface area contributed by atoms with Gasteiger partial charge in [-0.25, -0.2) is 0 Å². The van der Waals surface area contributed by atoms with Crippen molar-refractivity contribution in [3.63, 3.8) is 0 Å². The van der Waals surface area contributed by atoms with Gasteiger partial charge in [-0.05, 0) is 31.2 Å². The van der Waals surface area contributed by atoms with Crippen LogP contribution in [0.3, 0.4) is 0 Å². The van der Waals surface area contributed by atoms with Gasteiger partial charge in [-0.2, -0.15) is 0 Å². The molecule has 6 heteroatoms. The lowest BCUT2D eigenvalue weighted by molar-refractivity contribution is -0.118. The molecule has 0 unspecified atom stereocenters. The maximum atomic E-state index is 11.8. The first-order chi connectivity index (χ1) is 9.95. The Hall–Kier alpha value is -1.91. The molecule has 2 aromatic carbocycles. The van der Waals surface area contributed by atoms with Crippen LogP contribution in [0.15, 0.2) is 36.4 Å². The van der Waals surface area contributed by atoms with E-state index in [1.807, 2.05) is 31.2 Å². The van der Waals surface area contributed by atoms with Crippen LogP contribution in [0.1, 0.15) is 5.56 Å². The van der Waals surface area contributed by atoms with Gasteiger partial charge in [0, 0.05) is 11.4 Å². The van der Waals surface area contributed by atoms with E-state index in [1.54, 1.807) is 0 Å². The average Bonchev–Trinajstić information content (AvgIpc) is 2.40. The molecule has 0 atom stereocenters. The fraction of sp³-hybridized carbons (Fsp3) is 0.133. The summed E-state index contributed by atoms with van der Waals surface area (Å²) in [5.74, 6) is -0.0607. The summed E-state index contributed by atoms with van der Waals surface area (Å²) in [5.41, 5.74) is 7.84. The number of carbonyl (C=O) groups is 1. The zero-order chi connectivity index (χ0) is 15.4. The van der Waals surface area contributed by atoms with E-state index in [9.17, 15) is 4.79 Å². The minimum absolute atomic E-state index is 0.197. The van der Waals surface area contributed by atoms with Crippen LogP contribution in [0.4, 0.5) is 11.4 Å². The minimum atomic E-state index is -0.303. The van der Waals surface area contributed by atoms with E-state index in [0.29, 0.717) is 11.4 Å². The molecule has 0 fully saturated rings. The first-order valence-corrected chi connectivity index (χ1v) is 6.95. The van der Waals surface area contributed by atoms with Gasteiger partial charge < -0.3 is 15.8 Å². The minimum Gasteiger partial charge on any atom is -0.481 e. The van der Waals surface area contributed by atoms with Crippen LogP contribution in [0.2, 0.25) is 10.0 Å². The Balaban J connectivity index is 1.97. The topological polar surface area (TPSA) is 64.3 Å². The molecule has 0 bridgehead atoms. The first kappa shape index (κ1) is 15.5. The molecule has 0 aliphatic rings. The lowest BCUT2D eigenvalue weighted by atomic mass is 10.2. The van der Waals surface area contributed by atoms with Crippen LogP contribution in [0, 0.1) is 6.92 Å². The number of nitrogens with one attached hydrogen (secondary N) is 1. The molecule has 0 saturated heterocycles. The molecule has 2 rings (SSSR count). The van der Waals surface area contributed by atoms with E-state index in [1.165, 1.54) is 12.1 Å². The molecule has 21 heavy (non-hydrogen) atoms. The molecule has 4 nitrogen and oxygen atoms in total. The maximum Gasteiger partial charge on any atom is 0.262 e. The quantitative estimate of drug-likeness (QED) is 0.838. The molecule has 0 spiro atoms. The second-order valence-corrected chi connectivity index (χ2v) is 5.33. The molecule has 0 radical (unpaired) electrons. The molecule has 110 valence electrons. The van der Waals surface area contributed by atoms with Gasteiger partial charge in [0.25, 0.3) is 5.91 Å². The summed E-state index contributed by atoms with van der Waals surface area (Å²) >= 11 is 11.9. The number of aryl methyl sites for hydroxylation is 1. The van der Waals surface area contributed by atoms with Crippen molar-refractivity contribution in [3.05, 3.63) is 52.0 Å². The first-order valence-electron chi connectivity index (χ1n) is 6.19. The highest BCUT2D eigenvalue weighted by atomic mass is 35.5. The van der Waals surface area contributed by atoms with E-state index in [-0.39, 0.29) is 28.3 Å². The van der Waals surface area contributed by atoms with Crippen LogP contribution in [-0.4, -0.2) is 12.5 Å². The Bertz CT molecular complexity index is 634. The standard InChI is InChI=1S/C15H14Cl2N2O2/c1-9-2-4-11(5-3-9)19-14(20)8-21-15-12(16)6-10(18)7-13(15)17/h2-7H,8,18H2,1H3,(H,19,20). The Morgan fingerprint density at radius 2 is 1.76 bits per heavy atom. The van der Waals surface area contributed by atoms with Crippen LogP contribution in [0.25, 0.3) is 0 Å². The third kappa shape index (κ3) is 4.28. The highest BCUT2D eigenvalue weighted by Gasteiger charge is 2.11. The number of rotatable bonds is 4. The number of benzene rings is 2. The summed E-state index contributed by atoms with van der Waals surface area (Å²) in [4.78, 5) is 11.8. The van der Waals surface area contributed by atoms with E-state index in [2.05, 4.69) is 5.32 Å². The summed E-state index contributed by atoms with van der Waals surface area (Å²) in [6.07, 6.45) is 0. The summed E-state index contributed by atoms with van der Waals surface area (Å²) in [6.45, 7) is 1.77. The van der Waals surface area contributed by atoms with Gasteiger partial charge in [0.15, 0.2) is 12.4 Å². The van der Waals surface area contributed by atoms with Gasteiger partial charge in [-0.3, -0.25) is 4.79 Å². The van der Waals surface area contributed by atoms with Crippen LogP contribution < -0.4 is 15.8 Å². The molecule has 0 aliphatic heterocycles. The van der Waals surface area contributed by atoms with Gasteiger partial charge >= 0.3 is 0 Å². The number of anilines is 2. The molecule has 0 saturated carbocycles. The Kier molecular flexibility index (Phi) is 4.94. The van der Waals surface area contributed by atoms with E-state index >= 15 is 0 Å². The predicted molar refractivity (Wildman–Crippen MR) is 86.2 cm³/mol. The number of hydrogen-bond acceptors (Lipinski definition) is 3. The zero-order valence-corrected chi connectivity index (χ0v) is 12.8. The van der Waals surface area contributed by atoms with Crippen molar-refractivity contribution in [2.24, 2.45) is 0 Å². The third-order valence-electron chi connectivity index (χ3n) is 2.70. The highest BCUT2D eigenvalue weighted by Crippen LogP contribution is 2.34. The smallest absolute Gasteiger partial charge is 0.262 e. The normalized spacial score (nSPS) is 10.2. The lowest BCUT2D eigenvalue weighted by Gasteiger charge is -2.11. The van der Waals surface area contributed by atoms with Gasteiger partial charge in [-0.15, -0.1) is 0 Å². The molecule has 0 aliphatic carbocycles. The van der Waals surface area contributed by atoms with Crippen molar-refractivity contribution in [2.45, 2.75) is 6.92 Å². The van der Waals surface area contributed by atoms with Crippen molar-refractivity contribution in [2.75, 3.05) is 17.7 Å². The molecular formula is C15H14Cl2N2O2. The fourth-order valence-corrected chi connectivity index (χ4v) is 2.30. The number of nitrogen functional groups attached to an aromatic ring is 1. The fourth-order valence-electron chi connectivity index (χ4n) is 1.69.